The molecule has 0 aliphatic heterocycles. The van der Waals surface area contributed by atoms with Gasteiger partial charge in [-0.05, 0) is 38.3 Å². The molecule has 0 aromatic carbocycles. The first-order valence-corrected chi connectivity index (χ1v) is 5.60. The molecule has 1 rings (SSSR count). The molecule has 16 heavy (non-hydrogen) atoms. The van der Waals surface area contributed by atoms with Crippen molar-refractivity contribution in [1.82, 2.24) is 4.98 Å². The fraction of sp³-hybridized carbons (Fsp3) is 0.538. The molecular formula is C13H19NO2. The average Bonchev–Trinajstić information content (AvgIpc) is 2.16. The van der Waals surface area contributed by atoms with Crippen molar-refractivity contribution in [2.75, 3.05) is 0 Å². The highest BCUT2D eigenvalue weighted by Crippen LogP contribution is 2.22. The number of rotatable bonds is 5. The highest BCUT2D eigenvalue weighted by molar-refractivity contribution is 5.76. The summed E-state index contributed by atoms with van der Waals surface area (Å²) in [6, 6.07) is 1.96. The Morgan fingerprint density at radius 3 is 2.62 bits per heavy atom. The monoisotopic (exact) mass is 221 g/mol. The molecule has 3 nitrogen and oxygen atoms in total. The Morgan fingerprint density at radius 1 is 1.38 bits per heavy atom. The van der Waals surface area contributed by atoms with Gasteiger partial charge in [0.05, 0.1) is 12.3 Å². The molecule has 1 unspecified atom stereocenters. The normalized spacial score (nSPS) is 12.6. The first-order chi connectivity index (χ1) is 7.49. The predicted molar refractivity (Wildman–Crippen MR) is 63.7 cm³/mol. The fourth-order valence-corrected chi connectivity index (χ4v) is 1.59. The van der Waals surface area contributed by atoms with Crippen molar-refractivity contribution in [3.8, 4) is 5.75 Å². The maximum Gasteiger partial charge on any atom is 0.138 e. The van der Waals surface area contributed by atoms with Crippen LogP contribution in [0.25, 0.3) is 0 Å². The lowest BCUT2D eigenvalue weighted by Gasteiger charge is -2.13. The molecule has 1 aromatic heterocycles. The zero-order valence-corrected chi connectivity index (χ0v) is 10.4. The minimum absolute atomic E-state index is 0.139. The third kappa shape index (κ3) is 4.01. The van der Waals surface area contributed by atoms with E-state index in [0.717, 1.165) is 11.3 Å². The highest BCUT2D eigenvalue weighted by Gasteiger charge is 2.10. The number of carbonyl (C=O) groups is 1. The van der Waals surface area contributed by atoms with E-state index < -0.39 is 0 Å². The molecule has 3 heteroatoms. The average molecular weight is 221 g/mol. The van der Waals surface area contributed by atoms with Crippen LogP contribution in [0.5, 0.6) is 5.75 Å². The third-order valence-electron chi connectivity index (χ3n) is 2.27. The summed E-state index contributed by atoms with van der Waals surface area (Å²) < 4.78 is 5.56. The van der Waals surface area contributed by atoms with E-state index >= 15 is 0 Å². The van der Waals surface area contributed by atoms with E-state index in [1.807, 2.05) is 26.8 Å². The van der Waals surface area contributed by atoms with Crippen LogP contribution in [0.3, 0.4) is 0 Å². The largest absolute Gasteiger partial charge is 0.489 e. The van der Waals surface area contributed by atoms with E-state index in [2.05, 4.69) is 4.98 Å². The predicted octanol–water partition coefficient (Wildman–Crippen LogP) is 2.95. The van der Waals surface area contributed by atoms with Gasteiger partial charge in [0, 0.05) is 12.6 Å². The molecule has 0 spiro atoms. The topological polar surface area (TPSA) is 39.2 Å². The first-order valence-electron chi connectivity index (χ1n) is 5.60. The Balaban J connectivity index is 2.77. The summed E-state index contributed by atoms with van der Waals surface area (Å²) in [5, 5.41) is 0. The summed E-state index contributed by atoms with van der Waals surface area (Å²) >= 11 is 0. The summed E-state index contributed by atoms with van der Waals surface area (Å²) in [4.78, 5) is 15.2. The zero-order valence-electron chi connectivity index (χ0n) is 10.4. The number of pyridine rings is 1. The standard InChI is InChI=1S/C13H19NO2/c1-9(2)16-13-6-12(7-14-8-13)10(3)5-11(4)15/h6-10H,5H2,1-4H3. The van der Waals surface area contributed by atoms with Crippen molar-refractivity contribution < 1.29 is 9.53 Å². The number of ketones is 1. The number of carbonyl (C=O) groups excluding carboxylic acids is 1. The molecule has 0 N–H and O–H groups in total. The summed E-state index contributed by atoms with van der Waals surface area (Å²) in [7, 11) is 0. The van der Waals surface area contributed by atoms with E-state index in [1.54, 1.807) is 19.3 Å². The first kappa shape index (κ1) is 12.7. The Labute approximate surface area is 96.8 Å². The van der Waals surface area contributed by atoms with Crippen molar-refractivity contribution in [2.24, 2.45) is 0 Å². The number of nitrogens with zero attached hydrogens (tertiary/aromatic N) is 1. The fourth-order valence-electron chi connectivity index (χ4n) is 1.59. The SMILES string of the molecule is CC(=O)CC(C)c1cncc(OC(C)C)c1. The Hall–Kier alpha value is -1.38. The van der Waals surface area contributed by atoms with Crippen LogP contribution < -0.4 is 4.74 Å². The Bertz CT molecular complexity index is 361. The third-order valence-corrected chi connectivity index (χ3v) is 2.27. The molecule has 1 aromatic rings. The molecular weight excluding hydrogens is 202 g/mol. The molecule has 0 bridgehead atoms. The van der Waals surface area contributed by atoms with Crippen LogP contribution in [0.15, 0.2) is 18.5 Å². The lowest BCUT2D eigenvalue weighted by molar-refractivity contribution is -0.117. The minimum Gasteiger partial charge on any atom is -0.489 e. The van der Waals surface area contributed by atoms with Crippen LogP contribution in [0.2, 0.25) is 0 Å². The van der Waals surface area contributed by atoms with Gasteiger partial charge in [0.1, 0.15) is 11.5 Å². The van der Waals surface area contributed by atoms with Crippen molar-refractivity contribution in [3.63, 3.8) is 0 Å². The lowest BCUT2D eigenvalue weighted by atomic mass is 9.98. The summed E-state index contributed by atoms with van der Waals surface area (Å²) in [5.41, 5.74) is 1.05. The van der Waals surface area contributed by atoms with Crippen LogP contribution in [0, 0.1) is 0 Å². The van der Waals surface area contributed by atoms with Crippen LogP contribution >= 0.6 is 0 Å². The maximum absolute atomic E-state index is 11.0. The van der Waals surface area contributed by atoms with Crippen LogP contribution in [-0.4, -0.2) is 16.9 Å². The van der Waals surface area contributed by atoms with Crippen molar-refractivity contribution in [3.05, 3.63) is 24.0 Å². The second-order valence-electron chi connectivity index (χ2n) is 4.43. The van der Waals surface area contributed by atoms with Gasteiger partial charge in [-0.1, -0.05) is 6.92 Å². The van der Waals surface area contributed by atoms with Crippen molar-refractivity contribution in [2.45, 2.75) is 46.1 Å². The quantitative estimate of drug-likeness (QED) is 0.767. The molecule has 0 saturated heterocycles. The van der Waals surface area contributed by atoms with Gasteiger partial charge in [-0.3, -0.25) is 4.98 Å². The van der Waals surface area contributed by atoms with Gasteiger partial charge in [-0.25, -0.2) is 0 Å². The van der Waals surface area contributed by atoms with Crippen molar-refractivity contribution >= 4 is 5.78 Å². The zero-order chi connectivity index (χ0) is 12.1. The number of aromatic nitrogens is 1. The Morgan fingerprint density at radius 2 is 2.06 bits per heavy atom. The van der Waals surface area contributed by atoms with Crippen LogP contribution in [-0.2, 0) is 4.79 Å². The molecule has 88 valence electrons. The van der Waals surface area contributed by atoms with E-state index in [-0.39, 0.29) is 17.8 Å². The van der Waals surface area contributed by atoms with Gasteiger partial charge in [0.2, 0.25) is 0 Å². The van der Waals surface area contributed by atoms with Gasteiger partial charge in [-0.15, -0.1) is 0 Å². The molecule has 0 amide bonds. The number of hydrogen-bond acceptors (Lipinski definition) is 3. The van der Waals surface area contributed by atoms with Gasteiger partial charge in [-0.2, -0.15) is 0 Å². The molecule has 0 saturated carbocycles. The summed E-state index contributed by atoms with van der Waals surface area (Å²) in [6.45, 7) is 7.59. The molecule has 0 fully saturated rings. The lowest BCUT2D eigenvalue weighted by Crippen LogP contribution is -2.07. The van der Waals surface area contributed by atoms with E-state index in [4.69, 9.17) is 4.74 Å². The second-order valence-corrected chi connectivity index (χ2v) is 4.43. The number of Topliss-reactive ketones (excluding diaryl/α,β-unsaturated/α-hetero) is 1. The molecule has 0 radical (unpaired) electrons. The van der Waals surface area contributed by atoms with Crippen molar-refractivity contribution in [1.29, 1.82) is 0 Å². The molecule has 0 aliphatic carbocycles. The number of hydrogen-bond donors (Lipinski definition) is 0. The van der Waals surface area contributed by atoms with Gasteiger partial charge in [0.15, 0.2) is 0 Å². The number of ether oxygens (including phenoxy) is 1. The van der Waals surface area contributed by atoms with Crippen LogP contribution in [0.4, 0.5) is 0 Å². The van der Waals surface area contributed by atoms with E-state index in [1.165, 1.54) is 0 Å². The van der Waals surface area contributed by atoms with E-state index in [0.29, 0.717) is 6.42 Å². The second kappa shape index (κ2) is 5.64. The molecule has 0 aliphatic rings. The van der Waals surface area contributed by atoms with Gasteiger partial charge in [0.25, 0.3) is 0 Å². The minimum atomic E-state index is 0.139. The van der Waals surface area contributed by atoms with E-state index in [9.17, 15) is 4.79 Å². The summed E-state index contributed by atoms with van der Waals surface area (Å²) in [5.74, 6) is 1.16. The maximum atomic E-state index is 11.0. The van der Waals surface area contributed by atoms with Gasteiger partial charge < -0.3 is 9.53 Å². The smallest absolute Gasteiger partial charge is 0.138 e. The molecule has 1 atom stereocenters. The summed E-state index contributed by atoms with van der Waals surface area (Å²) in [6.07, 6.45) is 4.18. The van der Waals surface area contributed by atoms with Gasteiger partial charge >= 0.3 is 0 Å². The molecule has 1 heterocycles. The Kier molecular flexibility index (Phi) is 4.47. The van der Waals surface area contributed by atoms with Crippen LogP contribution in [0.1, 0.15) is 45.6 Å². The highest BCUT2D eigenvalue weighted by atomic mass is 16.5.